The third-order valence-electron chi connectivity index (χ3n) is 3.65. The Morgan fingerprint density at radius 1 is 1.22 bits per heavy atom. The molecule has 0 radical (unpaired) electrons. The molecule has 1 aromatic heterocycles. The quantitative estimate of drug-likeness (QED) is 0.392. The second kappa shape index (κ2) is 7.83. The van der Waals surface area contributed by atoms with E-state index in [0.717, 1.165) is 4.70 Å². The summed E-state index contributed by atoms with van der Waals surface area (Å²) in [6.07, 6.45) is 2.79. The van der Waals surface area contributed by atoms with Crippen molar-refractivity contribution in [3.63, 3.8) is 0 Å². The number of hydrogen-bond donors (Lipinski definition) is 1. The highest BCUT2D eigenvalue weighted by molar-refractivity contribution is 7.22. The van der Waals surface area contributed by atoms with E-state index in [9.17, 15) is 14.9 Å². The molecule has 0 unspecified atom stereocenters. The molecule has 0 aliphatic rings. The highest BCUT2D eigenvalue weighted by Gasteiger charge is 2.14. The lowest BCUT2D eigenvalue weighted by atomic mass is 10.2. The number of aromatic nitrogens is 1. The lowest BCUT2D eigenvalue weighted by molar-refractivity contribution is -0.384. The highest BCUT2D eigenvalue weighted by Crippen LogP contribution is 2.38. The van der Waals surface area contributed by atoms with Crippen molar-refractivity contribution >= 4 is 44.4 Å². The normalized spacial score (nSPS) is 10.9. The Labute approximate surface area is 158 Å². The number of carbonyl (C=O) groups is 1. The first-order chi connectivity index (χ1) is 13.0. The van der Waals surface area contributed by atoms with Crippen molar-refractivity contribution in [3.8, 4) is 11.5 Å². The van der Waals surface area contributed by atoms with Gasteiger partial charge in [0, 0.05) is 18.2 Å². The molecule has 0 spiro atoms. The van der Waals surface area contributed by atoms with Gasteiger partial charge in [0.15, 0.2) is 5.13 Å². The van der Waals surface area contributed by atoms with Crippen LogP contribution in [0, 0.1) is 10.1 Å². The van der Waals surface area contributed by atoms with Gasteiger partial charge in [-0.3, -0.25) is 20.2 Å². The summed E-state index contributed by atoms with van der Waals surface area (Å²) in [6, 6.07) is 9.52. The first-order valence-electron chi connectivity index (χ1n) is 7.77. The van der Waals surface area contributed by atoms with E-state index in [1.165, 1.54) is 35.6 Å². The number of nitrogens with zero attached hydrogens (tertiary/aromatic N) is 2. The van der Waals surface area contributed by atoms with Gasteiger partial charge in [0.05, 0.1) is 19.1 Å². The highest BCUT2D eigenvalue weighted by atomic mass is 32.1. The molecule has 0 aliphatic heterocycles. The molecular formula is C18H15N3O5S. The first-order valence-corrected chi connectivity index (χ1v) is 8.58. The van der Waals surface area contributed by atoms with E-state index in [4.69, 9.17) is 9.47 Å². The molecule has 8 nitrogen and oxygen atoms in total. The average Bonchev–Trinajstić information content (AvgIpc) is 3.09. The number of nitro groups is 1. The van der Waals surface area contributed by atoms with Crippen LogP contribution in [0.2, 0.25) is 0 Å². The SMILES string of the molecule is COc1ccc(OC)c2sc(NC(=O)/C=C/c3cccc([N+](=O)[O-])c3)nc12. The molecule has 9 heteroatoms. The molecule has 0 fully saturated rings. The summed E-state index contributed by atoms with van der Waals surface area (Å²) in [7, 11) is 3.10. The van der Waals surface area contributed by atoms with Crippen LogP contribution in [-0.2, 0) is 4.79 Å². The summed E-state index contributed by atoms with van der Waals surface area (Å²) in [5, 5.41) is 13.9. The zero-order valence-electron chi connectivity index (χ0n) is 14.5. The van der Waals surface area contributed by atoms with E-state index >= 15 is 0 Å². The maximum atomic E-state index is 12.2. The van der Waals surface area contributed by atoms with E-state index in [2.05, 4.69) is 10.3 Å². The summed E-state index contributed by atoms with van der Waals surface area (Å²) in [5.41, 5.74) is 1.11. The Morgan fingerprint density at radius 2 is 1.96 bits per heavy atom. The Balaban J connectivity index is 1.80. The predicted octanol–water partition coefficient (Wildman–Crippen LogP) is 3.87. The Morgan fingerprint density at radius 3 is 2.67 bits per heavy atom. The van der Waals surface area contributed by atoms with Crippen LogP contribution in [0.5, 0.6) is 11.5 Å². The van der Waals surface area contributed by atoms with E-state index in [1.54, 1.807) is 38.5 Å². The number of thiazole rings is 1. The summed E-state index contributed by atoms with van der Waals surface area (Å²) in [5.74, 6) is 0.809. The Hall–Kier alpha value is -3.46. The number of ether oxygens (including phenoxy) is 2. The van der Waals surface area contributed by atoms with Crippen molar-refractivity contribution < 1.29 is 19.2 Å². The molecule has 1 amide bonds. The zero-order chi connectivity index (χ0) is 19.4. The lowest BCUT2D eigenvalue weighted by Crippen LogP contribution is -2.07. The maximum Gasteiger partial charge on any atom is 0.270 e. The minimum absolute atomic E-state index is 0.0390. The van der Waals surface area contributed by atoms with Gasteiger partial charge in [-0.05, 0) is 23.8 Å². The molecule has 1 heterocycles. The van der Waals surface area contributed by atoms with E-state index < -0.39 is 10.8 Å². The predicted molar refractivity (Wildman–Crippen MR) is 103 cm³/mol. The molecule has 0 bridgehead atoms. The fourth-order valence-corrected chi connectivity index (χ4v) is 3.38. The first kappa shape index (κ1) is 18.3. The van der Waals surface area contributed by atoms with Crippen molar-refractivity contribution in [3.05, 3.63) is 58.2 Å². The maximum absolute atomic E-state index is 12.2. The van der Waals surface area contributed by atoms with Crippen molar-refractivity contribution in [2.75, 3.05) is 19.5 Å². The largest absolute Gasteiger partial charge is 0.495 e. The second-order valence-corrected chi connectivity index (χ2v) is 6.34. The van der Waals surface area contributed by atoms with Crippen molar-refractivity contribution in [2.24, 2.45) is 0 Å². The van der Waals surface area contributed by atoms with Gasteiger partial charge in [0.2, 0.25) is 5.91 Å². The van der Waals surface area contributed by atoms with Crippen molar-refractivity contribution in [2.45, 2.75) is 0 Å². The number of carbonyl (C=O) groups excluding carboxylic acids is 1. The van der Waals surface area contributed by atoms with Gasteiger partial charge in [-0.25, -0.2) is 4.98 Å². The third kappa shape index (κ3) is 4.04. The molecular weight excluding hydrogens is 370 g/mol. The van der Waals surface area contributed by atoms with E-state index in [-0.39, 0.29) is 5.69 Å². The number of nitro benzene ring substituents is 1. The van der Waals surface area contributed by atoms with E-state index in [0.29, 0.717) is 27.7 Å². The van der Waals surface area contributed by atoms with Gasteiger partial charge in [-0.15, -0.1) is 0 Å². The van der Waals surface area contributed by atoms with Crippen LogP contribution in [0.15, 0.2) is 42.5 Å². The van der Waals surface area contributed by atoms with Gasteiger partial charge in [0.25, 0.3) is 5.69 Å². The van der Waals surface area contributed by atoms with Crippen LogP contribution in [0.3, 0.4) is 0 Å². The van der Waals surface area contributed by atoms with Crippen LogP contribution < -0.4 is 14.8 Å². The number of benzene rings is 2. The van der Waals surface area contributed by atoms with Crippen LogP contribution in [0.1, 0.15) is 5.56 Å². The number of anilines is 1. The number of non-ortho nitro benzene ring substituents is 1. The number of fused-ring (bicyclic) bond motifs is 1. The number of amides is 1. The average molecular weight is 385 g/mol. The number of nitrogens with one attached hydrogen (secondary N) is 1. The van der Waals surface area contributed by atoms with Crippen LogP contribution in [-0.4, -0.2) is 30.0 Å². The minimum Gasteiger partial charge on any atom is -0.495 e. The Kier molecular flexibility index (Phi) is 5.32. The Bertz CT molecular complexity index is 1000. The summed E-state index contributed by atoms with van der Waals surface area (Å²) >= 11 is 1.26. The van der Waals surface area contributed by atoms with Gasteiger partial charge in [-0.1, -0.05) is 23.5 Å². The standard InChI is InChI=1S/C18H15N3O5S/c1-25-13-7-8-14(26-2)17-16(13)20-18(27-17)19-15(22)9-6-11-4-3-5-12(10-11)21(23)24/h3-10H,1-2H3,(H,19,20,22)/b9-6+. The van der Waals surface area contributed by atoms with Crippen LogP contribution in [0.25, 0.3) is 16.3 Å². The minimum atomic E-state index is -0.487. The van der Waals surface area contributed by atoms with Crippen molar-refractivity contribution in [1.82, 2.24) is 4.98 Å². The van der Waals surface area contributed by atoms with Gasteiger partial charge < -0.3 is 9.47 Å². The van der Waals surface area contributed by atoms with Gasteiger partial charge >= 0.3 is 0 Å². The monoisotopic (exact) mass is 385 g/mol. The second-order valence-electron chi connectivity index (χ2n) is 5.34. The molecule has 1 N–H and O–H groups in total. The molecule has 27 heavy (non-hydrogen) atoms. The zero-order valence-corrected chi connectivity index (χ0v) is 15.3. The molecule has 138 valence electrons. The number of hydrogen-bond acceptors (Lipinski definition) is 7. The van der Waals surface area contributed by atoms with Crippen LogP contribution >= 0.6 is 11.3 Å². The number of methoxy groups -OCH3 is 2. The fourth-order valence-electron chi connectivity index (χ4n) is 2.40. The lowest BCUT2D eigenvalue weighted by Gasteiger charge is -2.03. The topological polar surface area (TPSA) is 104 Å². The van der Waals surface area contributed by atoms with Gasteiger partial charge in [-0.2, -0.15) is 0 Å². The molecule has 2 aromatic carbocycles. The summed E-state index contributed by atoms with van der Waals surface area (Å²) in [6.45, 7) is 0. The van der Waals surface area contributed by atoms with Crippen molar-refractivity contribution in [1.29, 1.82) is 0 Å². The molecule has 3 aromatic rings. The third-order valence-corrected chi connectivity index (χ3v) is 4.63. The fraction of sp³-hybridized carbons (Fsp3) is 0.111. The molecule has 0 saturated carbocycles. The molecule has 0 saturated heterocycles. The van der Waals surface area contributed by atoms with E-state index in [1.807, 2.05) is 0 Å². The molecule has 0 aliphatic carbocycles. The number of rotatable bonds is 6. The van der Waals surface area contributed by atoms with Crippen LogP contribution in [0.4, 0.5) is 10.8 Å². The molecule has 0 atom stereocenters. The summed E-state index contributed by atoms with van der Waals surface area (Å²) < 4.78 is 11.4. The smallest absolute Gasteiger partial charge is 0.270 e. The van der Waals surface area contributed by atoms with Gasteiger partial charge in [0.1, 0.15) is 21.7 Å². The molecule has 3 rings (SSSR count). The summed E-state index contributed by atoms with van der Waals surface area (Å²) in [4.78, 5) is 26.9.